The maximum Gasteiger partial charge on any atom is 0.448 e. The van der Waals surface area contributed by atoms with Gasteiger partial charge in [-0.3, -0.25) is 0 Å². The Morgan fingerprint density at radius 3 is 2.15 bits per heavy atom. The molecular formula is C7H11NO4S. The molecule has 3 N–H and O–H groups in total. The molecule has 0 amide bonds. The zero-order valence-electron chi connectivity index (χ0n) is 7.14. The van der Waals surface area contributed by atoms with Gasteiger partial charge >= 0.3 is 10.4 Å². The molecule has 13 heavy (non-hydrogen) atoms. The van der Waals surface area contributed by atoms with Gasteiger partial charge in [-0.05, 0) is 12.1 Å². The van der Waals surface area contributed by atoms with Gasteiger partial charge in [-0.25, -0.2) is 4.18 Å². The lowest BCUT2D eigenvalue weighted by Crippen LogP contribution is -2.10. The molecule has 0 spiro atoms. The van der Waals surface area contributed by atoms with Crippen LogP contribution in [0, 0.1) is 0 Å². The fraction of sp³-hybridized carbons (Fsp3) is 0.143. The summed E-state index contributed by atoms with van der Waals surface area (Å²) >= 11 is 0. The van der Waals surface area contributed by atoms with Crippen molar-refractivity contribution in [3.63, 3.8) is 0 Å². The van der Waals surface area contributed by atoms with E-state index in [4.69, 9.17) is 0 Å². The molecule has 0 fully saturated rings. The molecule has 1 aromatic rings. The molecule has 5 nitrogen and oxygen atoms in total. The van der Waals surface area contributed by atoms with Gasteiger partial charge < -0.3 is 10.3 Å². The average Bonchev–Trinajstić information content (AvgIpc) is 2.06. The summed E-state index contributed by atoms with van der Waals surface area (Å²) in [6.07, 6.45) is 0. The topological polar surface area (TPSA) is 87.6 Å². The van der Waals surface area contributed by atoms with E-state index in [9.17, 15) is 8.42 Å². The fourth-order valence-electron chi connectivity index (χ4n) is 0.628. The summed E-state index contributed by atoms with van der Waals surface area (Å²) in [5.41, 5.74) is 0. The molecule has 0 unspecified atom stereocenters. The van der Waals surface area contributed by atoms with Gasteiger partial charge in [0.1, 0.15) is 5.75 Å². The van der Waals surface area contributed by atoms with E-state index >= 15 is 0 Å². The lowest BCUT2D eigenvalue weighted by atomic mass is 10.3. The van der Waals surface area contributed by atoms with Crippen LogP contribution in [0.5, 0.6) is 5.75 Å². The average molecular weight is 205 g/mol. The summed E-state index contributed by atoms with van der Waals surface area (Å²) in [5.74, 6) is 0.236. The van der Waals surface area contributed by atoms with E-state index in [0.717, 1.165) is 7.11 Å². The normalized spacial score (nSPS) is 10.2. The standard InChI is InChI=1S/C7H8O4S.H3N/c1-10-12(8,9)11-7-5-3-2-4-6-7;/h2-6H,1H3;1H3. The van der Waals surface area contributed by atoms with Crippen LogP contribution in [0.25, 0.3) is 0 Å². The van der Waals surface area contributed by atoms with Gasteiger partial charge in [-0.2, -0.15) is 8.42 Å². The van der Waals surface area contributed by atoms with Crippen molar-refractivity contribution in [1.82, 2.24) is 6.15 Å². The van der Waals surface area contributed by atoms with Gasteiger partial charge in [-0.15, -0.1) is 0 Å². The zero-order valence-corrected chi connectivity index (χ0v) is 7.95. The monoisotopic (exact) mass is 205 g/mol. The predicted molar refractivity (Wildman–Crippen MR) is 48.0 cm³/mol. The van der Waals surface area contributed by atoms with E-state index in [1.54, 1.807) is 18.2 Å². The summed E-state index contributed by atoms with van der Waals surface area (Å²) < 4.78 is 30.0. The first-order valence-electron chi connectivity index (χ1n) is 3.19. The maximum atomic E-state index is 10.7. The molecule has 0 radical (unpaired) electrons. The molecule has 1 rings (SSSR count). The molecule has 74 valence electrons. The molecule has 1 aromatic carbocycles. The summed E-state index contributed by atoms with van der Waals surface area (Å²) in [7, 11) is -2.83. The molecule has 0 aromatic heterocycles. The van der Waals surface area contributed by atoms with Gasteiger partial charge in [0.15, 0.2) is 0 Å². The Labute approximate surface area is 77.2 Å². The number of rotatable bonds is 3. The van der Waals surface area contributed by atoms with E-state index in [1.165, 1.54) is 12.1 Å². The lowest BCUT2D eigenvalue weighted by Gasteiger charge is -2.02. The van der Waals surface area contributed by atoms with Crippen molar-refractivity contribution < 1.29 is 16.8 Å². The second-order valence-electron chi connectivity index (χ2n) is 1.97. The van der Waals surface area contributed by atoms with Crippen LogP contribution >= 0.6 is 0 Å². The van der Waals surface area contributed by atoms with Crippen LogP contribution in [0.3, 0.4) is 0 Å². The summed E-state index contributed by atoms with van der Waals surface area (Å²) in [4.78, 5) is 0. The van der Waals surface area contributed by atoms with Crippen molar-refractivity contribution in [2.24, 2.45) is 0 Å². The number of para-hydroxylation sites is 1. The van der Waals surface area contributed by atoms with Crippen molar-refractivity contribution in [3.05, 3.63) is 30.3 Å². The van der Waals surface area contributed by atoms with Crippen LogP contribution in [-0.4, -0.2) is 15.5 Å². The highest BCUT2D eigenvalue weighted by molar-refractivity contribution is 7.82. The highest BCUT2D eigenvalue weighted by atomic mass is 32.3. The molecule has 0 heterocycles. The maximum absolute atomic E-state index is 10.7. The second kappa shape index (κ2) is 4.80. The SMILES string of the molecule is COS(=O)(=O)Oc1ccccc1.N. The van der Waals surface area contributed by atoms with Crippen molar-refractivity contribution >= 4 is 10.4 Å². The number of hydrogen-bond donors (Lipinski definition) is 1. The van der Waals surface area contributed by atoms with Gasteiger partial charge in [0, 0.05) is 0 Å². The summed E-state index contributed by atoms with van der Waals surface area (Å²) in [6.45, 7) is 0. The van der Waals surface area contributed by atoms with Gasteiger partial charge in [0.2, 0.25) is 0 Å². The first kappa shape index (κ1) is 11.9. The summed E-state index contributed by atoms with van der Waals surface area (Å²) in [5, 5.41) is 0. The predicted octanol–water partition coefficient (Wildman–Crippen LogP) is 1.12. The zero-order chi connectivity index (χ0) is 9.03. The van der Waals surface area contributed by atoms with Gasteiger partial charge in [-0.1, -0.05) is 18.2 Å². The van der Waals surface area contributed by atoms with Crippen LogP contribution in [0.4, 0.5) is 0 Å². The van der Waals surface area contributed by atoms with Crippen LogP contribution in [0.15, 0.2) is 30.3 Å². The highest BCUT2D eigenvalue weighted by Crippen LogP contribution is 2.11. The van der Waals surface area contributed by atoms with Crippen molar-refractivity contribution in [2.45, 2.75) is 0 Å². The Hall–Kier alpha value is -1.11. The molecule has 0 aliphatic rings. The fourth-order valence-corrected chi connectivity index (χ4v) is 1.04. The largest absolute Gasteiger partial charge is 0.448 e. The van der Waals surface area contributed by atoms with Crippen molar-refractivity contribution in [3.8, 4) is 5.75 Å². The van der Waals surface area contributed by atoms with E-state index in [0.29, 0.717) is 0 Å². The Morgan fingerprint density at radius 1 is 1.15 bits per heavy atom. The van der Waals surface area contributed by atoms with Crippen molar-refractivity contribution in [2.75, 3.05) is 7.11 Å². The van der Waals surface area contributed by atoms with Crippen LogP contribution in [0.2, 0.25) is 0 Å². The Kier molecular flexibility index (Phi) is 4.39. The molecular weight excluding hydrogens is 194 g/mol. The Balaban J connectivity index is 0.00000144. The summed E-state index contributed by atoms with van der Waals surface area (Å²) in [6, 6.07) is 8.14. The third kappa shape index (κ3) is 3.88. The highest BCUT2D eigenvalue weighted by Gasteiger charge is 2.09. The van der Waals surface area contributed by atoms with Crippen LogP contribution < -0.4 is 10.3 Å². The quantitative estimate of drug-likeness (QED) is 0.798. The molecule has 0 aliphatic carbocycles. The molecule has 0 saturated heterocycles. The van der Waals surface area contributed by atoms with Gasteiger partial charge in [0.05, 0.1) is 7.11 Å². The van der Waals surface area contributed by atoms with E-state index < -0.39 is 10.4 Å². The van der Waals surface area contributed by atoms with E-state index in [2.05, 4.69) is 8.37 Å². The first-order valence-corrected chi connectivity index (χ1v) is 4.52. The molecule has 0 aliphatic heterocycles. The molecule has 0 atom stereocenters. The molecule has 0 bridgehead atoms. The third-order valence-corrected chi connectivity index (χ3v) is 1.95. The smallest absolute Gasteiger partial charge is 0.362 e. The minimum atomic E-state index is -3.87. The minimum Gasteiger partial charge on any atom is -0.362 e. The Bertz CT molecular complexity index is 335. The van der Waals surface area contributed by atoms with Crippen LogP contribution in [0.1, 0.15) is 0 Å². The second-order valence-corrected chi connectivity index (χ2v) is 3.29. The number of hydrogen-bond acceptors (Lipinski definition) is 5. The van der Waals surface area contributed by atoms with Crippen LogP contribution in [-0.2, 0) is 14.6 Å². The van der Waals surface area contributed by atoms with E-state index in [1.807, 2.05) is 0 Å². The first-order chi connectivity index (χ1) is 5.64. The third-order valence-electron chi connectivity index (χ3n) is 1.15. The minimum absolute atomic E-state index is 0. The molecule has 0 saturated carbocycles. The van der Waals surface area contributed by atoms with E-state index in [-0.39, 0.29) is 11.9 Å². The van der Waals surface area contributed by atoms with Gasteiger partial charge in [0.25, 0.3) is 0 Å². The Morgan fingerprint density at radius 2 is 1.69 bits per heavy atom. The van der Waals surface area contributed by atoms with Crippen molar-refractivity contribution in [1.29, 1.82) is 0 Å². The molecule has 6 heteroatoms. The lowest BCUT2D eigenvalue weighted by molar-refractivity contribution is 0.330. The number of benzene rings is 1.